The predicted molar refractivity (Wildman–Crippen MR) is 79.9 cm³/mol. The molecule has 6 heteroatoms. The summed E-state index contributed by atoms with van der Waals surface area (Å²) in [5, 5.41) is 6.65. The van der Waals surface area contributed by atoms with Crippen molar-refractivity contribution < 1.29 is 9.53 Å². The highest BCUT2D eigenvalue weighted by atomic mass is 79.9. The Labute approximate surface area is 126 Å². The molecular formula is C13H16BrClN2O2. The second kappa shape index (κ2) is 5.69. The third kappa shape index (κ3) is 3.04. The fraction of sp³-hybridized carbons (Fsp3) is 0.462. The van der Waals surface area contributed by atoms with Gasteiger partial charge in [0.25, 0.3) is 0 Å². The quantitative estimate of drug-likeness (QED) is 0.883. The number of benzene rings is 1. The van der Waals surface area contributed by atoms with E-state index in [0.29, 0.717) is 27.5 Å². The normalized spacial score (nSPS) is 22.3. The molecule has 0 spiro atoms. The molecule has 0 aliphatic carbocycles. The SMILES string of the molecule is COc1c(Br)cc(Cl)cc1NC(=O)C1(C)CCNC1. The minimum absolute atomic E-state index is 0.0232. The molecule has 1 aliphatic heterocycles. The van der Waals surface area contributed by atoms with Crippen molar-refractivity contribution in [3.63, 3.8) is 0 Å². The molecule has 2 rings (SSSR count). The maximum absolute atomic E-state index is 12.4. The van der Waals surface area contributed by atoms with E-state index < -0.39 is 0 Å². The van der Waals surface area contributed by atoms with Crippen molar-refractivity contribution in [2.24, 2.45) is 5.41 Å². The van der Waals surface area contributed by atoms with Gasteiger partial charge in [0.15, 0.2) is 5.75 Å². The molecule has 0 aromatic heterocycles. The Kier molecular flexibility index (Phi) is 4.38. The largest absolute Gasteiger partial charge is 0.493 e. The summed E-state index contributed by atoms with van der Waals surface area (Å²) < 4.78 is 6.01. The van der Waals surface area contributed by atoms with Crippen LogP contribution in [-0.4, -0.2) is 26.1 Å². The standard InChI is InChI=1S/C13H16BrClN2O2/c1-13(3-4-16-7-13)12(18)17-10-6-8(15)5-9(14)11(10)19-2/h5-6,16H,3-4,7H2,1-2H3,(H,17,18). The molecule has 1 aromatic carbocycles. The summed E-state index contributed by atoms with van der Waals surface area (Å²) in [6, 6.07) is 3.42. The van der Waals surface area contributed by atoms with Crippen LogP contribution in [0.5, 0.6) is 5.75 Å². The number of methoxy groups -OCH3 is 1. The third-order valence-corrected chi connectivity index (χ3v) is 4.18. The summed E-state index contributed by atoms with van der Waals surface area (Å²) in [4.78, 5) is 12.4. The Bertz CT molecular complexity index is 502. The lowest BCUT2D eigenvalue weighted by atomic mass is 9.88. The summed E-state index contributed by atoms with van der Waals surface area (Å²) in [5.74, 6) is 0.553. The molecule has 2 N–H and O–H groups in total. The van der Waals surface area contributed by atoms with E-state index in [0.717, 1.165) is 13.0 Å². The molecule has 0 radical (unpaired) electrons. The predicted octanol–water partition coefficient (Wildman–Crippen LogP) is 3.05. The highest BCUT2D eigenvalue weighted by Crippen LogP contribution is 2.37. The molecule has 19 heavy (non-hydrogen) atoms. The average Bonchev–Trinajstić information content (AvgIpc) is 2.77. The van der Waals surface area contributed by atoms with Crippen LogP contribution >= 0.6 is 27.5 Å². The number of ether oxygens (including phenoxy) is 1. The van der Waals surface area contributed by atoms with Gasteiger partial charge in [-0.1, -0.05) is 11.6 Å². The van der Waals surface area contributed by atoms with Gasteiger partial charge < -0.3 is 15.4 Å². The Hall–Kier alpha value is -0.780. The Balaban J connectivity index is 2.25. The Morgan fingerprint density at radius 2 is 2.32 bits per heavy atom. The van der Waals surface area contributed by atoms with Gasteiger partial charge in [-0.25, -0.2) is 0 Å². The van der Waals surface area contributed by atoms with E-state index in [1.165, 1.54) is 0 Å². The fourth-order valence-corrected chi connectivity index (χ4v) is 3.12. The molecular weight excluding hydrogens is 332 g/mol. The first-order chi connectivity index (χ1) is 8.96. The van der Waals surface area contributed by atoms with Crippen molar-refractivity contribution in [1.82, 2.24) is 5.32 Å². The second-order valence-electron chi connectivity index (χ2n) is 4.91. The van der Waals surface area contributed by atoms with Crippen LogP contribution in [-0.2, 0) is 4.79 Å². The number of rotatable bonds is 3. The third-order valence-electron chi connectivity index (χ3n) is 3.38. The fourth-order valence-electron chi connectivity index (χ4n) is 2.14. The summed E-state index contributed by atoms with van der Waals surface area (Å²) in [6.07, 6.45) is 0.822. The van der Waals surface area contributed by atoms with Crippen LogP contribution in [0.3, 0.4) is 0 Å². The Morgan fingerprint density at radius 3 is 2.89 bits per heavy atom. The van der Waals surface area contributed by atoms with Crippen molar-refractivity contribution in [2.45, 2.75) is 13.3 Å². The Morgan fingerprint density at radius 1 is 1.58 bits per heavy atom. The van der Waals surface area contributed by atoms with Gasteiger partial charge in [0, 0.05) is 11.6 Å². The number of halogens is 2. The van der Waals surface area contributed by atoms with E-state index in [2.05, 4.69) is 26.6 Å². The van der Waals surface area contributed by atoms with Gasteiger partial charge in [0.1, 0.15) is 0 Å². The van der Waals surface area contributed by atoms with E-state index in [1.807, 2.05) is 6.92 Å². The second-order valence-corrected chi connectivity index (χ2v) is 6.20. The summed E-state index contributed by atoms with van der Waals surface area (Å²) >= 11 is 9.38. The number of nitrogens with one attached hydrogen (secondary N) is 2. The van der Waals surface area contributed by atoms with E-state index in [4.69, 9.17) is 16.3 Å². The first-order valence-corrected chi connectivity index (χ1v) is 7.18. The number of anilines is 1. The van der Waals surface area contributed by atoms with Gasteiger partial charge in [-0.2, -0.15) is 0 Å². The number of amides is 1. The zero-order valence-electron chi connectivity index (χ0n) is 10.8. The average molecular weight is 348 g/mol. The number of carbonyl (C=O) groups excluding carboxylic acids is 1. The lowest BCUT2D eigenvalue weighted by Gasteiger charge is -2.22. The van der Waals surface area contributed by atoms with E-state index in [9.17, 15) is 4.79 Å². The van der Waals surface area contributed by atoms with Crippen LogP contribution in [0.2, 0.25) is 5.02 Å². The lowest BCUT2D eigenvalue weighted by Crippen LogP contribution is -2.35. The van der Waals surface area contributed by atoms with Gasteiger partial charge in [-0.05, 0) is 48.0 Å². The molecule has 1 amide bonds. The lowest BCUT2D eigenvalue weighted by molar-refractivity contribution is -0.123. The highest BCUT2D eigenvalue weighted by molar-refractivity contribution is 9.10. The number of hydrogen-bond donors (Lipinski definition) is 2. The van der Waals surface area contributed by atoms with Crippen molar-refractivity contribution in [1.29, 1.82) is 0 Å². The molecule has 4 nitrogen and oxygen atoms in total. The van der Waals surface area contributed by atoms with Gasteiger partial charge in [0.2, 0.25) is 5.91 Å². The number of hydrogen-bond acceptors (Lipinski definition) is 3. The van der Waals surface area contributed by atoms with Crippen molar-refractivity contribution >= 4 is 39.1 Å². The van der Waals surface area contributed by atoms with E-state index >= 15 is 0 Å². The van der Waals surface area contributed by atoms with Crippen LogP contribution in [0.15, 0.2) is 16.6 Å². The molecule has 1 aromatic rings. The first-order valence-electron chi connectivity index (χ1n) is 6.01. The maximum atomic E-state index is 12.4. The zero-order chi connectivity index (χ0) is 14.0. The number of carbonyl (C=O) groups is 1. The molecule has 0 bridgehead atoms. The van der Waals surface area contributed by atoms with Crippen molar-refractivity contribution in [3.05, 3.63) is 21.6 Å². The van der Waals surface area contributed by atoms with E-state index in [-0.39, 0.29) is 11.3 Å². The van der Waals surface area contributed by atoms with Crippen LogP contribution < -0.4 is 15.4 Å². The van der Waals surface area contributed by atoms with Gasteiger partial charge >= 0.3 is 0 Å². The molecule has 1 fully saturated rings. The van der Waals surface area contributed by atoms with E-state index in [1.54, 1.807) is 19.2 Å². The maximum Gasteiger partial charge on any atom is 0.231 e. The van der Waals surface area contributed by atoms with Gasteiger partial charge in [-0.15, -0.1) is 0 Å². The monoisotopic (exact) mass is 346 g/mol. The summed E-state index contributed by atoms with van der Waals surface area (Å²) in [7, 11) is 1.56. The van der Waals surface area contributed by atoms with Crippen LogP contribution in [0.1, 0.15) is 13.3 Å². The van der Waals surface area contributed by atoms with Crippen LogP contribution in [0.4, 0.5) is 5.69 Å². The minimum Gasteiger partial charge on any atom is -0.493 e. The van der Waals surface area contributed by atoms with Gasteiger partial charge in [0.05, 0.1) is 22.7 Å². The molecule has 1 saturated heterocycles. The smallest absolute Gasteiger partial charge is 0.231 e. The van der Waals surface area contributed by atoms with Crippen molar-refractivity contribution in [3.8, 4) is 5.75 Å². The summed E-state index contributed by atoms with van der Waals surface area (Å²) in [6.45, 7) is 3.50. The molecule has 1 atom stereocenters. The minimum atomic E-state index is -0.389. The highest BCUT2D eigenvalue weighted by Gasteiger charge is 2.36. The van der Waals surface area contributed by atoms with Crippen LogP contribution in [0, 0.1) is 5.41 Å². The molecule has 104 valence electrons. The molecule has 1 aliphatic rings. The first kappa shape index (κ1) is 14.6. The molecule has 1 heterocycles. The van der Waals surface area contributed by atoms with Gasteiger partial charge in [-0.3, -0.25) is 4.79 Å². The topological polar surface area (TPSA) is 50.4 Å². The molecule has 1 unspecified atom stereocenters. The van der Waals surface area contributed by atoms with Crippen molar-refractivity contribution in [2.75, 3.05) is 25.5 Å². The van der Waals surface area contributed by atoms with Crippen LogP contribution in [0.25, 0.3) is 0 Å². The summed E-state index contributed by atoms with van der Waals surface area (Å²) in [5.41, 5.74) is 0.194. The molecule has 0 saturated carbocycles. The zero-order valence-corrected chi connectivity index (χ0v) is 13.2.